The van der Waals surface area contributed by atoms with Gasteiger partial charge in [-0.25, -0.2) is 4.39 Å². The van der Waals surface area contributed by atoms with Crippen molar-refractivity contribution in [2.75, 3.05) is 31.2 Å². The molecule has 28 heavy (non-hydrogen) atoms. The molecule has 0 saturated carbocycles. The summed E-state index contributed by atoms with van der Waals surface area (Å²) in [4.78, 5) is 17.9. The summed E-state index contributed by atoms with van der Waals surface area (Å²) < 4.78 is 52.0. The van der Waals surface area contributed by atoms with E-state index in [1.54, 1.807) is 6.92 Å². The predicted molar refractivity (Wildman–Crippen MR) is 102 cm³/mol. The lowest BCUT2D eigenvalue weighted by Gasteiger charge is -2.45. The SMILES string of the molecule is CN1CCC2(CC1)C(N)=NC(C)(c1cc(NC(=O)C(F)F)ccc1F)CS2=O. The zero-order valence-electron chi connectivity index (χ0n) is 15.7. The second kappa shape index (κ2) is 7.47. The maximum Gasteiger partial charge on any atom is 0.315 e. The highest BCUT2D eigenvalue weighted by Crippen LogP contribution is 2.40. The first-order valence-corrected chi connectivity index (χ1v) is 10.2. The Morgan fingerprint density at radius 1 is 1.36 bits per heavy atom. The van der Waals surface area contributed by atoms with Gasteiger partial charge in [0.25, 0.3) is 5.91 Å². The molecule has 3 N–H and O–H groups in total. The minimum absolute atomic E-state index is 0.0158. The van der Waals surface area contributed by atoms with Crippen molar-refractivity contribution in [2.24, 2.45) is 10.7 Å². The zero-order chi connectivity index (χ0) is 20.7. The topological polar surface area (TPSA) is 87.8 Å². The summed E-state index contributed by atoms with van der Waals surface area (Å²) in [6.07, 6.45) is -1.98. The molecule has 1 spiro atoms. The molecule has 2 aliphatic rings. The van der Waals surface area contributed by atoms with Crippen molar-refractivity contribution in [3.05, 3.63) is 29.6 Å². The summed E-state index contributed by atoms with van der Waals surface area (Å²) in [6, 6.07) is 3.50. The number of anilines is 1. The van der Waals surface area contributed by atoms with Gasteiger partial charge in [0.1, 0.15) is 16.4 Å². The lowest BCUT2D eigenvalue weighted by atomic mass is 9.90. The second-order valence-corrected chi connectivity index (χ2v) is 9.30. The molecule has 1 amide bonds. The number of nitrogens with zero attached hydrogens (tertiary/aromatic N) is 2. The minimum atomic E-state index is -3.19. The fraction of sp³-hybridized carbons (Fsp3) is 0.556. The van der Waals surface area contributed by atoms with Crippen LogP contribution in [0.2, 0.25) is 0 Å². The highest BCUT2D eigenvalue weighted by atomic mass is 32.2. The number of carbonyl (C=O) groups is 1. The van der Waals surface area contributed by atoms with Gasteiger partial charge >= 0.3 is 6.43 Å². The summed E-state index contributed by atoms with van der Waals surface area (Å²) in [7, 11) is 0.587. The van der Waals surface area contributed by atoms with Gasteiger partial charge in [0.05, 0.1) is 11.3 Å². The van der Waals surface area contributed by atoms with E-state index in [1.165, 1.54) is 12.1 Å². The van der Waals surface area contributed by atoms with Crippen LogP contribution >= 0.6 is 0 Å². The van der Waals surface area contributed by atoms with E-state index in [2.05, 4.69) is 9.89 Å². The number of nitrogens with one attached hydrogen (secondary N) is 1. The molecule has 154 valence electrons. The molecule has 1 aromatic carbocycles. The molecule has 1 aromatic rings. The van der Waals surface area contributed by atoms with Gasteiger partial charge in [0.15, 0.2) is 0 Å². The molecule has 2 heterocycles. The van der Waals surface area contributed by atoms with Crippen LogP contribution in [0, 0.1) is 5.82 Å². The molecule has 2 atom stereocenters. The van der Waals surface area contributed by atoms with Gasteiger partial charge in [-0.2, -0.15) is 8.78 Å². The minimum Gasteiger partial charge on any atom is -0.386 e. The number of hydrogen-bond donors (Lipinski definition) is 2. The molecule has 1 saturated heterocycles. The second-order valence-electron chi connectivity index (χ2n) is 7.54. The lowest BCUT2D eigenvalue weighted by Crippen LogP contribution is -2.59. The van der Waals surface area contributed by atoms with Gasteiger partial charge in [-0.15, -0.1) is 0 Å². The number of halogens is 3. The number of carbonyl (C=O) groups excluding carboxylic acids is 1. The average Bonchev–Trinajstić information content (AvgIpc) is 2.62. The lowest BCUT2D eigenvalue weighted by molar-refractivity contribution is -0.126. The number of aliphatic imine (C=N–C) groups is 1. The van der Waals surface area contributed by atoms with Crippen molar-refractivity contribution >= 4 is 28.2 Å². The Labute approximate surface area is 163 Å². The number of likely N-dealkylation sites (tertiary alicyclic amines) is 1. The van der Waals surface area contributed by atoms with Crippen LogP contribution in [-0.2, 0) is 21.1 Å². The van der Waals surface area contributed by atoms with E-state index in [4.69, 9.17) is 5.73 Å². The monoisotopic (exact) mass is 416 g/mol. The van der Waals surface area contributed by atoms with E-state index < -0.39 is 39.2 Å². The molecule has 1 fully saturated rings. The highest BCUT2D eigenvalue weighted by molar-refractivity contribution is 7.87. The van der Waals surface area contributed by atoms with Crippen LogP contribution in [0.5, 0.6) is 0 Å². The zero-order valence-corrected chi connectivity index (χ0v) is 16.5. The highest BCUT2D eigenvalue weighted by Gasteiger charge is 2.50. The fourth-order valence-corrected chi connectivity index (χ4v) is 5.65. The Kier molecular flexibility index (Phi) is 5.55. The molecule has 2 unspecified atom stereocenters. The Morgan fingerprint density at radius 2 is 2.00 bits per heavy atom. The molecule has 0 bridgehead atoms. The van der Waals surface area contributed by atoms with Crippen molar-refractivity contribution in [2.45, 2.75) is 36.5 Å². The molecule has 6 nitrogen and oxygen atoms in total. The van der Waals surface area contributed by atoms with Crippen LogP contribution < -0.4 is 11.1 Å². The van der Waals surface area contributed by atoms with Crippen LogP contribution in [0.4, 0.5) is 18.9 Å². The number of amidine groups is 1. The van der Waals surface area contributed by atoms with Crippen LogP contribution in [0.25, 0.3) is 0 Å². The van der Waals surface area contributed by atoms with Crippen molar-refractivity contribution in [3.8, 4) is 0 Å². The van der Waals surface area contributed by atoms with E-state index in [0.29, 0.717) is 12.8 Å². The molecule has 0 aliphatic carbocycles. The Bertz CT molecular complexity index is 840. The van der Waals surface area contributed by atoms with E-state index >= 15 is 0 Å². The van der Waals surface area contributed by atoms with Gasteiger partial charge in [-0.1, -0.05) is 0 Å². The van der Waals surface area contributed by atoms with Crippen molar-refractivity contribution in [3.63, 3.8) is 0 Å². The number of piperidine rings is 1. The number of amides is 1. The van der Waals surface area contributed by atoms with E-state index in [1.807, 2.05) is 12.4 Å². The number of alkyl halides is 2. The van der Waals surface area contributed by atoms with Gasteiger partial charge < -0.3 is 16.0 Å². The van der Waals surface area contributed by atoms with Crippen LogP contribution in [0.1, 0.15) is 25.3 Å². The van der Waals surface area contributed by atoms with Crippen LogP contribution in [0.15, 0.2) is 23.2 Å². The fourth-order valence-electron chi connectivity index (χ4n) is 3.72. The van der Waals surface area contributed by atoms with Gasteiger partial charge in [-0.05, 0) is 58.1 Å². The Morgan fingerprint density at radius 3 is 2.57 bits per heavy atom. The standard InChI is InChI=1S/C18H23F3N4O2S/c1-17(12-9-11(3-4-13(12)19)23-15(26)14(20)21)10-28(27)18(16(22)24-17)5-7-25(2)8-6-18/h3-4,9,14H,5-8,10H2,1-2H3,(H2,22,24)(H,23,26). The summed E-state index contributed by atoms with van der Waals surface area (Å²) >= 11 is 0. The largest absolute Gasteiger partial charge is 0.386 e. The normalized spacial score (nSPS) is 27.6. The number of rotatable bonds is 3. The third-order valence-corrected chi connectivity index (χ3v) is 7.80. The molecule has 0 aromatic heterocycles. The summed E-state index contributed by atoms with van der Waals surface area (Å²) in [5, 5.41) is 2.03. The van der Waals surface area contributed by atoms with Gasteiger partial charge in [0, 0.05) is 22.1 Å². The number of benzene rings is 1. The van der Waals surface area contributed by atoms with Gasteiger partial charge in [0.2, 0.25) is 0 Å². The quantitative estimate of drug-likeness (QED) is 0.787. The predicted octanol–water partition coefficient (Wildman–Crippen LogP) is 1.83. The van der Waals surface area contributed by atoms with E-state index in [0.717, 1.165) is 19.2 Å². The average molecular weight is 416 g/mol. The summed E-state index contributed by atoms with van der Waals surface area (Å²) in [6.45, 7) is 3.08. The first-order valence-electron chi connectivity index (χ1n) is 8.89. The maximum absolute atomic E-state index is 14.6. The van der Waals surface area contributed by atoms with Crippen molar-refractivity contribution in [1.29, 1.82) is 0 Å². The number of hydrogen-bond acceptors (Lipinski definition) is 5. The van der Waals surface area contributed by atoms with E-state index in [-0.39, 0.29) is 22.8 Å². The van der Waals surface area contributed by atoms with Crippen molar-refractivity contribution in [1.82, 2.24) is 4.90 Å². The van der Waals surface area contributed by atoms with Gasteiger partial charge in [-0.3, -0.25) is 14.0 Å². The molecule has 2 aliphatic heterocycles. The smallest absolute Gasteiger partial charge is 0.315 e. The third kappa shape index (κ3) is 3.67. The molecule has 3 rings (SSSR count). The molecular formula is C18H23F3N4O2S. The third-order valence-electron chi connectivity index (χ3n) is 5.49. The van der Waals surface area contributed by atoms with Crippen LogP contribution in [-0.4, -0.2) is 57.9 Å². The maximum atomic E-state index is 14.6. The van der Waals surface area contributed by atoms with Crippen molar-refractivity contribution < 1.29 is 22.2 Å². The Hall–Kier alpha value is -1.94. The molecule has 0 radical (unpaired) electrons. The molecular weight excluding hydrogens is 393 g/mol. The van der Waals surface area contributed by atoms with E-state index in [9.17, 15) is 22.2 Å². The number of nitrogens with two attached hydrogens (primary N) is 1. The summed E-state index contributed by atoms with van der Waals surface area (Å²) in [5.41, 5.74) is 5.10. The Balaban J connectivity index is 1.96. The first kappa shape index (κ1) is 20.8. The molecule has 10 heteroatoms. The first-order chi connectivity index (χ1) is 13.1. The van der Waals surface area contributed by atoms with Crippen LogP contribution in [0.3, 0.4) is 0 Å². The summed E-state index contributed by atoms with van der Waals surface area (Å²) in [5.74, 6) is -1.83.